The van der Waals surface area contributed by atoms with Crippen molar-refractivity contribution >= 4 is 0 Å². The lowest BCUT2D eigenvalue weighted by Crippen LogP contribution is -2.42. The van der Waals surface area contributed by atoms with Crippen molar-refractivity contribution in [2.24, 2.45) is 5.92 Å². The van der Waals surface area contributed by atoms with Crippen molar-refractivity contribution in [3.8, 4) is 0 Å². The number of nitrogens with zero attached hydrogens (tertiary/aromatic N) is 1. The van der Waals surface area contributed by atoms with Gasteiger partial charge in [0.15, 0.2) is 0 Å². The highest BCUT2D eigenvalue weighted by molar-refractivity contribution is 5.14. The highest BCUT2D eigenvalue weighted by Crippen LogP contribution is 2.28. The number of hydrogen-bond donors (Lipinski definition) is 1. The molecule has 3 rings (SSSR count). The first-order valence-electron chi connectivity index (χ1n) is 7.30. The van der Waals surface area contributed by atoms with Crippen LogP contribution in [0.15, 0.2) is 16.7 Å². The Bertz CT molecular complexity index is 376. The summed E-state index contributed by atoms with van der Waals surface area (Å²) in [6, 6.07) is 2.80. The van der Waals surface area contributed by atoms with E-state index in [0.29, 0.717) is 0 Å². The largest absolute Gasteiger partial charge is 0.468 e. The highest BCUT2D eigenvalue weighted by atomic mass is 16.3. The van der Waals surface area contributed by atoms with Gasteiger partial charge >= 0.3 is 0 Å². The monoisotopic (exact) mass is 248 g/mol. The fourth-order valence-electron chi connectivity index (χ4n) is 2.72. The molecule has 0 radical (unpaired) electrons. The molecule has 2 aliphatic rings. The molecule has 2 heterocycles. The molecule has 18 heavy (non-hydrogen) atoms. The normalized spacial score (nSPS) is 22.5. The summed E-state index contributed by atoms with van der Waals surface area (Å²) in [4.78, 5) is 2.52. The Morgan fingerprint density at radius 2 is 2.06 bits per heavy atom. The van der Waals surface area contributed by atoms with Gasteiger partial charge in [0.1, 0.15) is 5.76 Å². The van der Waals surface area contributed by atoms with Gasteiger partial charge in [-0.1, -0.05) is 0 Å². The second-order valence-corrected chi connectivity index (χ2v) is 5.93. The minimum absolute atomic E-state index is 0.750. The van der Waals surface area contributed by atoms with E-state index >= 15 is 0 Å². The molecule has 1 aliphatic heterocycles. The Balaban J connectivity index is 1.40. The van der Waals surface area contributed by atoms with Crippen molar-refractivity contribution < 1.29 is 4.42 Å². The summed E-state index contributed by atoms with van der Waals surface area (Å²) in [6.45, 7) is 6.75. The molecule has 0 spiro atoms. The van der Waals surface area contributed by atoms with Gasteiger partial charge in [-0.25, -0.2) is 0 Å². The lowest BCUT2D eigenvalue weighted by molar-refractivity contribution is 0.178. The third kappa shape index (κ3) is 3.15. The van der Waals surface area contributed by atoms with Crippen LogP contribution in [-0.2, 0) is 6.54 Å². The molecule has 1 aromatic rings. The quantitative estimate of drug-likeness (QED) is 0.868. The Morgan fingerprint density at radius 3 is 2.67 bits per heavy atom. The molecular formula is C15H24N2O. The van der Waals surface area contributed by atoms with Gasteiger partial charge in [-0.15, -0.1) is 0 Å². The zero-order valence-electron chi connectivity index (χ0n) is 11.3. The van der Waals surface area contributed by atoms with E-state index in [4.69, 9.17) is 4.42 Å². The zero-order chi connectivity index (χ0) is 12.4. The Kier molecular flexibility index (Phi) is 3.71. The van der Waals surface area contributed by atoms with E-state index in [1.807, 2.05) is 0 Å². The molecule has 0 aromatic carbocycles. The SMILES string of the molecule is Cc1ccoc1CN1CCC(NCC2CC2)CC1. The number of rotatable bonds is 5. The summed E-state index contributed by atoms with van der Waals surface area (Å²) in [6.07, 6.45) is 7.26. The summed E-state index contributed by atoms with van der Waals surface area (Å²) >= 11 is 0. The lowest BCUT2D eigenvalue weighted by atomic mass is 10.0. The van der Waals surface area contributed by atoms with E-state index in [9.17, 15) is 0 Å². The van der Waals surface area contributed by atoms with Gasteiger partial charge in [0.05, 0.1) is 12.8 Å². The predicted octanol–water partition coefficient (Wildman–Crippen LogP) is 2.55. The van der Waals surface area contributed by atoms with Crippen LogP contribution in [0.1, 0.15) is 37.0 Å². The van der Waals surface area contributed by atoms with Gasteiger partial charge in [0.2, 0.25) is 0 Å². The Labute approximate surface area is 110 Å². The standard InChI is InChI=1S/C15H24N2O/c1-12-6-9-18-15(12)11-17-7-4-14(5-8-17)16-10-13-2-3-13/h6,9,13-14,16H,2-5,7-8,10-11H2,1H3. The van der Waals surface area contributed by atoms with Gasteiger partial charge in [-0.2, -0.15) is 0 Å². The fourth-order valence-corrected chi connectivity index (χ4v) is 2.72. The third-order valence-corrected chi connectivity index (χ3v) is 4.32. The molecule has 3 nitrogen and oxygen atoms in total. The van der Waals surface area contributed by atoms with Gasteiger partial charge in [0.25, 0.3) is 0 Å². The van der Waals surface area contributed by atoms with E-state index < -0.39 is 0 Å². The molecule has 3 heteroatoms. The van der Waals surface area contributed by atoms with Crippen molar-refractivity contribution in [1.82, 2.24) is 10.2 Å². The van der Waals surface area contributed by atoms with E-state index in [0.717, 1.165) is 24.3 Å². The number of nitrogens with one attached hydrogen (secondary N) is 1. The topological polar surface area (TPSA) is 28.4 Å². The number of likely N-dealkylation sites (tertiary alicyclic amines) is 1. The van der Waals surface area contributed by atoms with Crippen LogP contribution in [-0.4, -0.2) is 30.6 Å². The van der Waals surface area contributed by atoms with E-state index in [1.54, 1.807) is 6.26 Å². The summed E-state index contributed by atoms with van der Waals surface area (Å²) in [7, 11) is 0. The van der Waals surface area contributed by atoms with Gasteiger partial charge in [0, 0.05) is 19.1 Å². The average Bonchev–Trinajstić information content (AvgIpc) is 3.13. The smallest absolute Gasteiger partial charge is 0.120 e. The van der Waals surface area contributed by atoms with Crippen molar-refractivity contribution in [2.75, 3.05) is 19.6 Å². The Morgan fingerprint density at radius 1 is 1.28 bits per heavy atom. The van der Waals surface area contributed by atoms with Crippen molar-refractivity contribution in [1.29, 1.82) is 0 Å². The molecule has 1 aliphatic carbocycles. The van der Waals surface area contributed by atoms with Crippen molar-refractivity contribution in [3.63, 3.8) is 0 Å². The minimum atomic E-state index is 0.750. The Hall–Kier alpha value is -0.800. The summed E-state index contributed by atoms with van der Waals surface area (Å²) in [5.74, 6) is 2.13. The van der Waals surface area contributed by atoms with Crippen LogP contribution < -0.4 is 5.32 Å². The molecule has 0 unspecified atom stereocenters. The number of piperidine rings is 1. The lowest BCUT2D eigenvalue weighted by Gasteiger charge is -2.32. The fraction of sp³-hybridized carbons (Fsp3) is 0.733. The van der Waals surface area contributed by atoms with Crippen LogP contribution in [0, 0.1) is 12.8 Å². The molecule has 1 saturated carbocycles. The molecule has 0 bridgehead atoms. The first kappa shape index (κ1) is 12.2. The maximum absolute atomic E-state index is 5.52. The van der Waals surface area contributed by atoms with Gasteiger partial charge in [-0.05, 0) is 56.7 Å². The maximum atomic E-state index is 5.52. The number of furan rings is 1. The van der Waals surface area contributed by atoms with Crippen molar-refractivity contribution in [2.45, 2.75) is 45.2 Å². The molecule has 100 valence electrons. The molecule has 0 amide bonds. The predicted molar refractivity (Wildman–Crippen MR) is 72.5 cm³/mol. The molecule has 2 fully saturated rings. The van der Waals surface area contributed by atoms with Crippen LogP contribution in [0.3, 0.4) is 0 Å². The van der Waals surface area contributed by atoms with Crippen LogP contribution in [0.25, 0.3) is 0 Å². The molecule has 1 saturated heterocycles. The summed E-state index contributed by atoms with van der Waals surface area (Å²) in [5.41, 5.74) is 1.28. The third-order valence-electron chi connectivity index (χ3n) is 4.32. The molecular weight excluding hydrogens is 224 g/mol. The van der Waals surface area contributed by atoms with E-state index in [1.165, 1.54) is 50.9 Å². The van der Waals surface area contributed by atoms with Crippen LogP contribution in [0.5, 0.6) is 0 Å². The number of hydrogen-bond acceptors (Lipinski definition) is 3. The first-order valence-corrected chi connectivity index (χ1v) is 7.30. The summed E-state index contributed by atoms with van der Waals surface area (Å²) in [5, 5.41) is 3.72. The van der Waals surface area contributed by atoms with E-state index in [2.05, 4.69) is 23.2 Å². The average molecular weight is 248 g/mol. The first-order chi connectivity index (χ1) is 8.81. The van der Waals surface area contributed by atoms with Crippen LogP contribution in [0.2, 0.25) is 0 Å². The summed E-state index contributed by atoms with van der Waals surface area (Å²) < 4.78 is 5.52. The van der Waals surface area contributed by atoms with Crippen molar-refractivity contribution in [3.05, 3.63) is 23.7 Å². The molecule has 0 atom stereocenters. The molecule has 1 aromatic heterocycles. The zero-order valence-corrected chi connectivity index (χ0v) is 11.3. The van der Waals surface area contributed by atoms with Gasteiger partial charge < -0.3 is 9.73 Å². The highest BCUT2D eigenvalue weighted by Gasteiger charge is 2.24. The minimum Gasteiger partial charge on any atom is -0.468 e. The van der Waals surface area contributed by atoms with Crippen LogP contribution in [0.4, 0.5) is 0 Å². The second-order valence-electron chi connectivity index (χ2n) is 5.93. The van der Waals surface area contributed by atoms with E-state index in [-0.39, 0.29) is 0 Å². The van der Waals surface area contributed by atoms with Gasteiger partial charge in [-0.3, -0.25) is 4.90 Å². The second kappa shape index (κ2) is 5.45. The molecule has 1 N–H and O–H groups in total. The number of aryl methyl sites for hydroxylation is 1. The maximum Gasteiger partial charge on any atom is 0.120 e. The van der Waals surface area contributed by atoms with Crippen LogP contribution >= 0.6 is 0 Å².